The number of rotatable bonds is 6. The monoisotopic (exact) mass is 203 g/mol. The molecule has 0 aliphatic heterocycles. The Bertz CT molecular complexity index is 129. The Labute approximate surface area is 85.8 Å². The van der Waals surface area contributed by atoms with E-state index >= 15 is 0 Å². The van der Waals surface area contributed by atoms with Gasteiger partial charge in [0.05, 0.1) is 5.60 Å². The predicted octanol–water partition coefficient (Wildman–Crippen LogP) is 1.07. The van der Waals surface area contributed by atoms with E-state index in [1.165, 1.54) is 0 Å². The summed E-state index contributed by atoms with van der Waals surface area (Å²) in [5.74, 6) is 1.16. The lowest BCUT2D eigenvalue weighted by molar-refractivity contribution is -0.0234. The van der Waals surface area contributed by atoms with Crippen LogP contribution in [0.4, 0.5) is 0 Å². The average molecular weight is 203 g/mol. The van der Waals surface area contributed by atoms with Gasteiger partial charge in [-0.05, 0) is 31.2 Å². The maximum atomic E-state index is 5.85. The third-order valence-electron chi connectivity index (χ3n) is 3.11. The van der Waals surface area contributed by atoms with Gasteiger partial charge in [0.2, 0.25) is 0 Å². The molecule has 13 heavy (non-hydrogen) atoms. The molecule has 0 rings (SSSR count). The van der Waals surface area contributed by atoms with Crippen LogP contribution in [0.5, 0.6) is 0 Å². The number of nitrogens with two attached hydrogens (primary N) is 1. The van der Waals surface area contributed by atoms with Crippen LogP contribution in [0, 0.1) is 11.8 Å². The van der Waals surface area contributed by atoms with Gasteiger partial charge in [0, 0.05) is 0 Å². The summed E-state index contributed by atoms with van der Waals surface area (Å²) in [6.45, 7) is 9.75. The van der Waals surface area contributed by atoms with Gasteiger partial charge >= 0.3 is 0 Å². The Balaban J connectivity index is 4.45. The molecule has 0 aliphatic rings. The molecule has 0 saturated carbocycles. The highest BCUT2D eigenvalue weighted by molar-refractivity contribution is 5.98. The molecule has 0 aromatic rings. The largest absolute Gasteiger partial charge is 0.422 e. The van der Waals surface area contributed by atoms with E-state index in [-0.39, 0.29) is 5.60 Å². The van der Waals surface area contributed by atoms with E-state index in [0.29, 0.717) is 11.8 Å². The van der Waals surface area contributed by atoms with E-state index in [1.807, 2.05) is 0 Å². The fourth-order valence-electron chi connectivity index (χ4n) is 2.20. The molecule has 0 unspecified atom stereocenters. The van der Waals surface area contributed by atoms with Crippen LogP contribution in [-0.2, 0) is 4.43 Å². The van der Waals surface area contributed by atoms with Crippen molar-refractivity contribution in [2.75, 3.05) is 6.54 Å². The van der Waals surface area contributed by atoms with Crippen molar-refractivity contribution < 1.29 is 4.43 Å². The Morgan fingerprint density at radius 1 is 1.23 bits per heavy atom. The van der Waals surface area contributed by atoms with Crippen molar-refractivity contribution in [3.8, 4) is 0 Å². The average Bonchev–Trinajstić information content (AvgIpc) is 2.05. The molecule has 80 valence electrons. The minimum Gasteiger partial charge on any atom is -0.422 e. The van der Waals surface area contributed by atoms with Crippen LogP contribution in [0.25, 0.3) is 0 Å². The summed E-state index contributed by atoms with van der Waals surface area (Å²) >= 11 is 0. The fraction of sp³-hybridized carbons (Fsp3) is 1.00. The first-order valence-electron chi connectivity index (χ1n) is 5.26. The molecule has 0 aromatic carbocycles. The van der Waals surface area contributed by atoms with E-state index in [9.17, 15) is 0 Å². The standard InChI is InChI=1S/C10H25NOSi/c1-8(2)10(12-13,9(3)4)6-5-7-11/h8-9H,5-7,11H2,1-4,13H3. The lowest BCUT2D eigenvalue weighted by atomic mass is 9.77. The molecule has 0 atom stereocenters. The summed E-state index contributed by atoms with van der Waals surface area (Å²) in [4.78, 5) is 0. The SMILES string of the molecule is CC(C)C(CCCN)(O[SiH3])C(C)C. The van der Waals surface area contributed by atoms with E-state index in [2.05, 4.69) is 27.7 Å². The summed E-state index contributed by atoms with van der Waals surface area (Å²) in [7, 11) is 0.818. The first kappa shape index (κ1) is 13.1. The van der Waals surface area contributed by atoms with Crippen LogP contribution in [0.1, 0.15) is 40.5 Å². The minimum absolute atomic E-state index is 0.0750. The highest BCUT2D eigenvalue weighted by atomic mass is 28.2. The highest BCUT2D eigenvalue weighted by Crippen LogP contribution is 2.33. The van der Waals surface area contributed by atoms with Crippen molar-refractivity contribution in [3.63, 3.8) is 0 Å². The van der Waals surface area contributed by atoms with Crippen LogP contribution >= 0.6 is 0 Å². The zero-order valence-electron chi connectivity index (χ0n) is 9.76. The topological polar surface area (TPSA) is 35.2 Å². The Morgan fingerprint density at radius 3 is 1.92 bits per heavy atom. The zero-order chi connectivity index (χ0) is 10.5. The van der Waals surface area contributed by atoms with Crippen LogP contribution in [0.3, 0.4) is 0 Å². The van der Waals surface area contributed by atoms with Crippen LogP contribution < -0.4 is 5.73 Å². The summed E-state index contributed by atoms with van der Waals surface area (Å²) in [6, 6.07) is 0. The number of hydrogen-bond acceptors (Lipinski definition) is 2. The molecule has 0 heterocycles. The van der Waals surface area contributed by atoms with E-state index in [0.717, 1.165) is 29.9 Å². The summed E-state index contributed by atoms with van der Waals surface area (Å²) < 4.78 is 5.85. The second kappa shape index (κ2) is 5.78. The molecular weight excluding hydrogens is 178 g/mol. The zero-order valence-corrected chi connectivity index (χ0v) is 11.8. The Morgan fingerprint density at radius 2 is 1.69 bits per heavy atom. The van der Waals surface area contributed by atoms with Gasteiger partial charge in [-0.1, -0.05) is 27.7 Å². The second-order valence-electron chi connectivity index (χ2n) is 4.36. The molecule has 0 aliphatic carbocycles. The first-order valence-corrected chi connectivity index (χ1v) is 6.08. The smallest absolute Gasteiger partial charge is 0.146 e. The van der Waals surface area contributed by atoms with Crippen molar-refractivity contribution >= 4 is 10.5 Å². The van der Waals surface area contributed by atoms with Crippen LogP contribution in [0.2, 0.25) is 0 Å². The second-order valence-corrected chi connectivity index (χ2v) is 4.77. The molecule has 0 radical (unpaired) electrons. The van der Waals surface area contributed by atoms with Crippen molar-refractivity contribution in [1.82, 2.24) is 0 Å². The van der Waals surface area contributed by atoms with E-state index < -0.39 is 0 Å². The quantitative estimate of drug-likeness (QED) is 0.656. The van der Waals surface area contributed by atoms with Crippen LogP contribution in [0.15, 0.2) is 0 Å². The van der Waals surface area contributed by atoms with Gasteiger partial charge in [-0.3, -0.25) is 0 Å². The lowest BCUT2D eigenvalue weighted by Crippen LogP contribution is -2.43. The number of hydrogen-bond donors (Lipinski definition) is 1. The van der Waals surface area contributed by atoms with Gasteiger partial charge in [-0.25, -0.2) is 0 Å². The maximum Gasteiger partial charge on any atom is 0.146 e. The van der Waals surface area contributed by atoms with Gasteiger partial charge in [-0.2, -0.15) is 0 Å². The highest BCUT2D eigenvalue weighted by Gasteiger charge is 2.35. The molecule has 2 N–H and O–H groups in total. The summed E-state index contributed by atoms with van der Waals surface area (Å²) in [5.41, 5.74) is 5.62. The van der Waals surface area contributed by atoms with Gasteiger partial charge in [0.1, 0.15) is 10.5 Å². The fourth-order valence-corrected chi connectivity index (χ4v) is 3.34. The molecule has 0 aromatic heterocycles. The lowest BCUT2D eigenvalue weighted by Gasteiger charge is -2.41. The summed E-state index contributed by atoms with van der Waals surface area (Å²) in [6.07, 6.45) is 2.17. The van der Waals surface area contributed by atoms with Crippen molar-refractivity contribution in [2.45, 2.75) is 46.1 Å². The first-order chi connectivity index (χ1) is 6.01. The maximum absolute atomic E-state index is 5.85. The van der Waals surface area contributed by atoms with Gasteiger partial charge < -0.3 is 10.2 Å². The molecule has 0 fully saturated rings. The molecule has 0 spiro atoms. The third kappa shape index (κ3) is 3.08. The van der Waals surface area contributed by atoms with Gasteiger partial charge in [0.25, 0.3) is 0 Å². The van der Waals surface area contributed by atoms with Crippen molar-refractivity contribution in [1.29, 1.82) is 0 Å². The van der Waals surface area contributed by atoms with Crippen molar-refractivity contribution in [2.24, 2.45) is 17.6 Å². The normalized spacial score (nSPS) is 13.2. The predicted molar refractivity (Wildman–Crippen MR) is 61.7 cm³/mol. The molecule has 0 saturated heterocycles. The van der Waals surface area contributed by atoms with Gasteiger partial charge in [0.15, 0.2) is 0 Å². The molecular formula is C10H25NOSi. The van der Waals surface area contributed by atoms with Crippen LogP contribution in [-0.4, -0.2) is 22.6 Å². The third-order valence-corrected chi connectivity index (χ3v) is 3.87. The van der Waals surface area contributed by atoms with Gasteiger partial charge in [-0.15, -0.1) is 0 Å². The molecule has 2 nitrogen and oxygen atoms in total. The Kier molecular flexibility index (Phi) is 5.84. The Hall–Kier alpha value is 0.137. The molecule has 0 amide bonds. The molecule has 0 bridgehead atoms. The summed E-state index contributed by atoms with van der Waals surface area (Å²) in [5, 5.41) is 0. The van der Waals surface area contributed by atoms with E-state index in [1.54, 1.807) is 0 Å². The minimum atomic E-state index is 0.0750. The molecule has 3 heteroatoms. The van der Waals surface area contributed by atoms with E-state index in [4.69, 9.17) is 10.2 Å². The van der Waals surface area contributed by atoms with Crippen molar-refractivity contribution in [3.05, 3.63) is 0 Å².